The van der Waals surface area contributed by atoms with E-state index in [2.05, 4.69) is 13.8 Å². The molecule has 0 unspecified atom stereocenters. The molecule has 0 spiro atoms. The summed E-state index contributed by atoms with van der Waals surface area (Å²) in [5, 5.41) is 41.2. The molecule has 0 aromatic carbocycles. The zero-order valence-corrected chi connectivity index (χ0v) is 35.1. The van der Waals surface area contributed by atoms with Gasteiger partial charge in [0, 0.05) is 6.42 Å². The standard InChI is InChI=1S/C17H34O2.C16H33O2.C3H8O3.Na.H3O4P/c1-4-5-6-7-8-9-10-11-12-13-14-15-17(18)19-16(2)3;1-2-3-4-5-6-7-8-9-10-11-12-13-14-15-16(17)18;4-1-3(6)2-5;;1-5(2,3)4/h16H,4-15H2,1-3H3;17-18H,2-15H2,1H3;3-6H,1-2H2;;(H3,1,2,3,4)/q;-1;;+1;. The van der Waals surface area contributed by atoms with Gasteiger partial charge in [-0.15, -0.1) is 6.42 Å². The van der Waals surface area contributed by atoms with Crippen LogP contribution >= 0.6 is 7.82 Å². The fourth-order valence-corrected chi connectivity index (χ4v) is 4.61. The maximum Gasteiger partial charge on any atom is 1.00 e. The molecular formula is C36H78NaO11P. The first-order chi connectivity index (χ1) is 22.7. The first kappa shape index (κ1) is 58.7. The van der Waals surface area contributed by atoms with E-state index in [4.69, 9.17) is 49.5 Å². The second-order valence-corrected chi connectivity index (χ2v) is 13.8. The van der Waals surface area contributed by atoms with Crippen molar-refractivity contribution in [2.75, 3.05) is 13.2 Å². The Hall–Kier alpha value is 0.380. The molecule has 49 heavy (non-hydrogen) atoms. The normalized spacial score (nSPS) is 10.8. The summed E-state index contributed by atoms with van der Waals surface area (Å²) in [6, 6.07) is 0. The van der Waals surface area contributed by atoms with E-state index in [1.807, 2.05) is 13.8 Å². The first-order valence-electron chi connectivity index (χ1n) is 18.9. The molecule has 294 valence electrons. The summed E-state index contributed by atoms with van der Waals surface area (Å²) < 4.78 is 14.0. The molecule has 13 heteroatoms. The van der Waals surface area contributed by atoms with Crippen LogP contribution in [0.25, 0.3) is 0 Å². The first-order valence-corrected chi connectivity index (χ1v) is 20.4. The van der Waals surface area contributed by atoms with E-state index in [9.17, 15) is 4.79 Å². The number of hydrogen-bond donors (Lipinski definition) is 8. The predicted octanol–water partition coefficient (Wildman–Crippen LogP) is 5.75. The number of unbranched alkanes of at least 4 members (excludes halogenated alkanes) is 22. The van der Waals surface area contributed by atoms with Crippen LogP contribution in [0.2, 0.25) is 0 Å². The van der Waals surface area contributed by atoms with Crippen LogP contribution < -0.4 is 29.6 Å². The van der Waals surface area contributed by atoms with Crippen molar-refractivity contribution in [3.05, 3.63) is 6.29 Å². The molecule has 8 N–H and O–H groups in total. The van der Waals surface area contributed by atoms with Gasteiger partial charge in [-0.1, -0.05) is 168 Å². The summed E-state index contributed by atoms with van der Waals surface area (Å²) >= 11 is 0. The molecule has 0 heterocycles. The van der Waals surface area contributed by atoms with Crippen molar-refractivity contribution >= 4 is 13.8 Å². The van der Waals surface area contributed by atoms with Gasteiger partial charge in [0.2, 0.25) is 0 Å². The van der Waals surface area contributed by atoms with Crippen LogP contribution in [-0.2, 0) is 14.1 Å². The molecule has 0 aromatic heterocycles. The maximum absolute atomic E-state index is 11.3. The Bertz CT molecular complexity index is 640. The smallest absolute Gasteiger partial charge is 0.536 e. The second kappa shape index (κ2) is 48.4. The minimum absolute atomic E-state index is 0. The average molecular weight is 741 g/mol. The molecule has 0 fully saturated rings. The summed E-state index contributed by atoms with van der Waals surface area (Å²) in [5.74, 6) is -0.0362. The third-order valence-corrected chi connectivity index (χ3v) is 7.28. The molecule has 0 aliphatic carbocycles. The Labute approximate surface area is 322 Å². The van der Waals surface area contributed by atoms with Gasteiger partial charge < -0.3 is 44.9 Å². The Balaban J connectivity index is -0.000000199. The van der Waals surface area contributed by atoms with Crippen molar-refractivity contribution in [2.45, 2.75) is 207 Å². The number of rotatable bonds is 29. The average Bonchev–Trinajstić information content (AvgIpc) is 3.01. The van der Waals surface area contributed by atoms with Gasteiger partial charge in [0.25, 0.3) is 0 Å². The van der Waals surface area contributed by atoms with Gasteiger partial charge >= 0.3 is 43.3 Å². The van der Waals surface area contributed by atoms with Gasteiger partial charge in [-0.2, -0.15) is 0 Å². The Morgan fingerprint density at radius 3 is 1.08 bits per heavy atom. The summed E-state index contributed by atoms with van der Waals surface area (Å²) in [5.41, 5.74) is 0. The molecule has 0 saturated heterocycles. The molecule has 0 aromatic rings. The fraction of sp³-hybridized carbons (Fsp3) is 0.944. The van der Waals surface area contributed by atoms with Gasteiger partial charge in [0.05, 0.1) is 19.3 Å². The van der Waals surface area contributed by atoms with E-state index in [1.165, 1.54) is 135 Å². The van der Waals surface area contributed by atoms with Crippen molar-refractivity contribution in [1.82, 2.24) is 0 Å². The van der Waals surface area contributed by atoms with Crippen molar-refractivity contribution < 1.29 is 83.9 Å². The molecule has 0 radical (unpaired) electrons. The molecule has 0 atom stereocenters. The molecule has 0 aliphatic heterocycles. The van der Waals surface area contributed by atoms with Crippen LogP contribution in [0.15, 0.2) is 0 Å². The molecule has 0 saturated carbocycles. The minimum Gasteiger partial charge on any atom is -0.536 e. The molecule has 0 aliphatic rings. The third kappa shape index (κ3) is 78.6. The van der Waals surface area contributed by atoms with Crippen LogP contribution in [0.5, 0.6) is 0 Å². The number of aliphatic hydroxyl groups excluding tert-OH is 4. The Morgan fingerprint density at radius 2 is 0.857 bits per heavy atom. The predicted molar refractivity (Wildman–Crippen MR) is 194 cm³/mol. The van der Waals surface area contributed by atoms with Crippen molar-refractivity contribution in [3.8, 4) is 0 Å². The molecule has 0 bridgehead atoms. The number of aliphatic hydroxyl groups is 5. The number of carbonyl (C=O) groups excluding carboxylic acids is 1. The van der Waals surface area contributed by atoms with Crippen LogP contribution in [0, 0.1) is 6.29 Å². The van der Waals surface area contributed by atoms with Crippen molar-refractivity contribution in [1.29, 1.82) is 0 Å². The van der Waals surface area contributed by atoms with Crippen molar-refractivity contribution in [2.24, 2.45) is 0 Å². The summed E-state index contributed by atoms with van der Waals surface area (Å²) in [6.07, 6.45) is 31.3. The number of ether oxygens (including phenoxy) is 1. The van der Waals surface area contributed by atoms with Crippen molar-refractivity contribution in [3.63, 3.8) is 0 Å². The van der Waals surface area contributed by atoms with Crippen LogP contribution in [-0.4, -0.2) is 71.6 Å². The Kier molecular flexibility index (Phi) is 57.9. The van der Waals surface area contributed by atoms with E-state index >= 15 is 0 Å². The zero-order chi connectivity index (χ0) is 37.3. The minimum atomic E-state index is -4.64. The van der Waals surface area contributed by atoms with Crippen LogP contribution in [0.1, 0.15) is 195 Å². The van der Waals surface area contributed by atoms with Gasteiger partial charge in [-0.3, -0.25) is 4.79 Å². The number of phosphoric acid groups is 1. The molecule has 0 rings (SSSR count). The number of hydrogen-bond acceptors (Lipinski definition) is 8. The second-order valence-electron chi connectivity index (χ2n) is 12.8. The zero-order valence-electron chi connectivity index (χ0n) is 32.2. The number of carbonyl (C=O) groups is 1. The molecule has 11 nitrogen and oxygen atoms in total. The van der Waals surface area contributed by atoms with Gasteiger partial charge in [-0.05, 0) is 20.3 Å². The quantitative estimate of drug-likeness (QED) is 0.0152. The maximum atomic E-state index is 11.3. The fourth-order valence-electron chi connectivity index (χ4n) is 4.61. The van der Waals surface area contributed by atoms with Gasteiger partial charge in [0.1, 0.15) is 6.10 Å². The SMILES string of the molecule is CCCCCCCCCCCCCC(=O)OC(C)C.CCCCCCCCCCCCCCC[C-](O)O.O=P(O)(O)O.OCC(O)CO.[Na+]. The largest absolute Gasteiger partial charge is 1.00 e. The summed E-state index contributed by atoms with van der Waals surface area (Å²) in [7, 11) is -4.64. The molecule has 0 amide bonds. The van der Waals surface area contributed by atoms with Crippen LogP contribution in [0.3, 0.4) is 0 Å². The van der Waals surface area contributed by atoms with E-state index in [0.717, 1.165) is 19.3 Å². The summed E-state index contributed by atoms with van der Waals surface area (Å²) in [4.78, 5) is 32.9. The molecular weight excluding hydrogens is 662 g/mol. The van der Waals surface area contributed by atoms with Gasteiger partial charge in [0.15, 0.2) is 0 Å². The van der Waals surface area contributed by atoms with E-state index in [1.54, 1.807) is 0 Å². The third-order valence-electron chi connectivity index (χ3n) is 7.28. The van der Waals surface area contributed by atoms with E-state index < -0.39 is 20.2 Å². The number of esters is 1. The van der Waals surface area contributed by atoms with E-state index in [-0.39, 0.29) is 54.8 Å². The monoisotopic (exact) mass is 741 g/mol. The van der Waals surface area contributed by atoms with Gasteiger partial charge in [-0.25, -0.2) is 4.57 Å². The van der Waals surface area contributed by atoms with Crippen LogP contribution in [0.4, 0.5) is 0 Å². The summed E-state index contributed by atoms with van der Waals surface area (Å²) in [6.45, 7) is 7.60. The van der Waals surface area contributed by atoms with E-state index in [0.29, 0.717) is 12.8 Å². The topological polar surface area (TPSA) is 205 Å². The Morgan fingerprint density at radius 1 is 0.592 bits per heavy atom.